The van der Waals surface area contributed by atoms with E-state index < -0.39 is 0 Å². The number of hydrogen-bond donors (Lipinski definition) is 1. The van der Waals surface area contributed by atoms with Crippen LogP contribution in [-0.4, -0.2) is 50.1 Å². The fourth-order valence-corrected chi connectivity index (χ4v) is 4.49. The maximum Gasteiger partial charge on any atom is 0.226 e. The molecule has 4 nitrogen and oxygen atoms in total. The van der Waals surface area contributed by atoms with E-state index in [0.29, 0.717) is 38.4 Å². The van der Waals surface area contributed by atoms with Crippen LogP contribution in [0.3, 0.4) is 0 Å². The number of quaternary nitrogens is 1. The molecule has 2 aliphatic rings. The van der Waals surface area contributed by atoms with E-state index in [9.17, 15) is 13.6 Å². The van der Waals surface area contributed by atoms with Gasteiger partial charge < -0.3 is 14.7 Å². The van der Waals surface area contributed by atoms with E-state index in [1.54, 1.807) is 18.2 Å². The molecule has 0 radical (unpaired) electrons. The van der Waals surface area contributed by atoms with Crippen LogP contribution in [0.25, 0.3) is 0 Å². The van der Waals surface area contributed by atoms with Gasteiger partial charge in [0.05, 0.1) is 18.8 Å². The molecule has 6 heteroatoms. The summed E-state index contributed by atoms with van der Waals surface area (Å²) in [4.78, 5) is 18.2. The zero-order chi connectivity index (χ0) is 20.2. The zero-order valence-electron chi connectivity index (χ0n) is 16.6. The highest BCUT2D eigenvalue weighted by Crippen LogP contribution is 2.22. The molecule has 0 aliphatic carbocycles. The first-order valence-corrected chi connectivity index (χ1v) is 10.5. The maximum absolute atomic E-state index is 14.0. The van der Waals surface area contributed by atoms with Gasteiger partial charge in [-0.25, -0.2) is 8.78 Å². The minimum atomic E-state index is -0.211. The van der Waals surface area contributed by atoms with E-state index in [1.165, 1.54) is 17.0 Å². The van der Waals surface area contributed by atoms with E-state index in [4.69, 9.17) is 0 Å². The van der Waals surface area contributed by atoms with Crippen molar-refractivity contribution in [3.63, 3.8) is 0 Å². The Balaban J connectivity index is 1.26. The minimum absolute atomic E-state index is 0.0550. The number of carbonyl (C=O) groups excluding carboxylic acids is 1. The van der Waals surface area contributed by atoms with Gasteiger partial charge in [0.2, 0.25) is 5.91 Å². The summed E-state index contributed by atoms with van der Waals surface area (Å²) >= 11 is 0. The Bertz CT molecular complexity index is 844. The molecule has 0 spiro atoms. The molecule has 0 saturated carbocycles. The summed E-state index contributed by atoms with van der Waals surface area (Å²) in [6, 6.07) is 13.7. The Morgan fingerprint density at radius 1 is 0.897 bits per heavy atom. The Morgan fingerprint density at radius 3 is 2.17 bits per heavy atom. The van der Waals surface area contributed by atoms with Gasteiger partial charge in [0.1, 0.15) is 18.2 Å². The van der Waals surface area contributed by atoms with Gasteiger partial charge in [-0.15, -0.1) is 0 Å². The third kappa shape index (κ3) is 4.58. The predicted molar refractivity (Wildman–Crippen MR) is 109 cm³/mol. The first-order valence-electron chi connectivity index (χ1n) is 10.5. The summed E-state index contributed by atoms with van der Waals surface area (Å²) in [5, 5.41) is 0. The lowest BCUT2D eigenvalue weighted by Crippen LogP contribution is -3.11. The van der Waals surface area contributed by atoms with Gasteiger partial charge in [0.25, 0.3) is 0 Å². The molecule has 154 valence electrons. The van der Waals surface area contributed by atoms with E-state index in [0.717, 1.165) is 31.5 Å². The van der Waals surface area contributed by atoms with Crippen LogP contribution in [0.1, 0.15) is 18.4 Å². The van der Waals surface area contributed by atoms with Crippen LogP contribution < -0.4 is 9.80 Å². The number of halogens is 2. The first kappa shape index (κ1) is 19.8. The molecule has 1 amide bonds. The fraction of sp³-hybridized carbons (Fsp3) is 0.435. The van der Waals surface area contributed by atoms with Gasteiger partial charge in [-0.2, -0.15) is 0 Å². The molecule has 29 heavy (non-hydrogen) atoms. The van der Waals surface area contributed by atoms with Crippen LogP contribution in [0, 0.1) is 17.6 Å². The van der Waals surface area contributed by atoms with E-state index in [2.05, 4.69) is 0 Å². The molecule has 2 heterocycles. The molecule has 2 aliphatic heterocycles. The zero-order valence-corrected chi connectivity index (χ0v) is 16.6. The summed E-state index contributed by atoms with van der Waals surface area (Å²) in [6.07, 6.45) is 1.69. The van der Waals surface area contributed by atoms with Gasteiger partial charge in [0, 0.05) is 50.5 Å². The average Bonchev–Trinajstić information content (AvgIpc) is 2.76. The molecular formula is C23H28F2N3O+. The SMILES string of the molecule is O=C(C1CC[NH+](Cc2ccccc2F)CC1)N1CCN(c2ccccc2F)CC1. The number of anilines is 1. The number of piperidine rings is 1. The van der Waals surface area contributed by atoms with Crippen molar-refractivity contribution >= 4 is 11.6 Å². The fourth-order valence-electron chi connectivity index (χ4n) is 4.49. The van der Waals surface area contributed by atoms with Gasteiger partial charge in [0.15, 0.2) is 0 Å². The topological polar surface area (TPSA) is 28.0 Å². The number of nitrogens with zero attached hydrogens (tertiary/aromatic N) is 2. The van der Waals surface area contributed by atoms with Crippen LogP contribution in [0.5, 0.6) is 0 Å². The van der Waals surface area contributed by atoms with Crippen molar-refractivity contribution in [2.45, 2.75) is 19.4 Å². The third-order valence-corrected chi connectivity index (χ3v) is 6.22. The van der Waals surface area contributed by atoms with E-state index >= 15 is 0 Å². The van der Waals surface area contributed by atoms with Crippen molar-refractivity contribution in [1.82, 2.24) is 4.90 Å². The third-order valence-electron chi connectivity index (χ3n) is 6.22. The van der Waals surface area contributed by atoms with Crippen molar-refractivity contribution < 1.29 is 18.5 Å². The predicted octanol–water partition coefficient (Wildman–Crippen LogP) is 2.11. The molecular weight excluding hydrogens is 372 g/mol. The number of benzene rings is 2. The summed E-state index contributed by atoms with van der Waals surface area (Å²) in [7, 11) is 0. The summed E-state index contributed by atoms with van der Waals surface area (Å²) in [5.74, 6) is -0.0779. The number of piperazine rings is 1. The highest BCUT2D eigenvalue weighted by Gasteiger charge is 2.32. The highest BCUT2D eigenvalue weighted by atomic mass is 19.1. The second-order valence-corrected chi connectivity index (χ2v) is 8.06. The Morgan fingerprint density at radius 2 is 1.52 bits per heavy atom. The summed E-state index contributed by atoms with van der Waals surface area (Å²) in [5.41, 5.74) is 1.36. The van der Waals surface area contributed by atoms with Crippen LogP contribution in [0.2, 0.25) is 0 Å². The standard InChI is InChI=1S/C23H27F2N3O/c24-20-6-2-1-5-19(20)17-26-11-9-18(10-12-26)23(29)28-15-13-27(14-16-28)22-8-4-3-7-21(22)25/h1-8,18H,9-17H2/p+1. The number of rotatable bonds is 4. The summed E-state index contributed by atoms with van der Waals surface area (Å²) in [6.45, 7) is 5.04. The molecule has 2 fully saturated rings. The molecule has 2 aromatic rings. The van der Waals surface area contributed by atoms with Gasteiger partial charge in [-0.3, -0.25) is 4.79 Å². The first-order chi connectivity index (χ1) is 14.1. The normalized spacial score (nSPS) is 22.6. The molecule has 0 unspecified atom stereocenters. The van der Waals surface area contributed by atoms with E-state index in [-0.39, 0.29) is 23.5 Å². The van der Waals surface area contributed by atoms with Crippen LogP contribution in [-0.2, 0) is 11.3 Å². The lowest BCUT2D eigenvalue weighted by molar-refractivity contribution is -0.919. The number of carbonyl (C=O) groups is 1. The second-order valence-electron chi connectivity index (χ2n) is 8.06. The quantitative estimate of drug-likeness (QED) is 0.852. The minimum Gasteiger partial charge on any atom is -0.366 e. The van der Waals surface area contributed by atoms with Crippen molar-refractivity contribution in [3.05, 3.63) is 65.7 Å². The van der Waals surface area contributed by atoms with Gasteiger partial charge in [-0.1, -0.05) is 30.3 Å². The van der Waals surface area contributed by atoms with Crippen molar-refractivity contribution in [2.24, 2.45) is 5.92 Å². The van der Waals surface area contributed by atoms with Crippen LogP contribution >= 0.6 is 0 Å². The Hall–Kier alpha value is -2.47. The molecule has 4 rings (SSSR count). The summed E-state index contributed by atoms with van der Waals surface area (Å²) < 4.78 is 27.9. The molecule has 0 aromatic heterocycles. The molecule has 2 saturated heterocycles. The average molecular weight is 400 g/mol. The molecule has 0 bridgehead atoms. The largest absolute Gasteiger partial charge is 0.366 e. The van der Waals surface area contributed by atoms with Gasteiger partial charge >= 0.3 is 0 Å². The Labute approximate surface area is 170 Å². The molecule has 1 N–H and O–H groups in total. The maximum atomic E-state index is 14.0. The lowest BCUT2D eigenvalue weighted by atomic mass is 9.94. The van der Waals surface area contributed by atoms with Crippen molar-refractivity contribution in [3.8, 4) is 0 Å². The van der Waals surface area contributed by atoms with Crippen LogP contribution in [0.4, 0.5) is 14.5 Å². The highest BCUT2D eigenvalue weighted by molar-refractivity contribution is 5.79. The Kier molecular flexibility index (Phi) is 6.09. The number of likely N-dealkylation sites (tertiary alicyclic amines) is 1. The lowest BCUT2D eigenvalue weighted by Gasteiger charge is -2.38. The number of hydrogen-bond acceptors (Lipinski definition) is 2. The second kappa shape index (κ2) is 8.91. The monoisotopic (exact) mass is 400 g/mol. The van der Waals surface area contributed by atoms with E-state index in [1.807, 2.05) is 28.0 Å². The molecule has 0 atom stereocenters. The van der Waals surface area contributed by atoms with Crippen LogP contribution in [0.15, 0.2) is 48.5 Å². The number of amides is 1. The number of nitrogens with one attached hydrogen (secondary N) is 1. The van der Waals surface area contributed by atoms with Crippen molar-refractivity contribution in [2.75, 3.05) is 44.2 Å². The van der Waals surface area contributed by atoms with Crippen molar-refractivity contribution in [1.29, 1.82) is 0 Å². The molecule has 2 aromatic carbocycles. The van der Waals surface area contributed by atoms with Gasteiger partial charge in [-0.05, 0) is 18.2 Å². The number of para-hydroxylation sites is 1. The smallest absolute Gasteiger partial charge is 0.226 e.